The minimum absolute atomic E-state index is 0.448. The normalized spacial score (nSPS) is 18.0. The van der Waals surface area contributed by atoms with Crippen LogP contribution in [-0.4, -0.2) is 42.8 Å². The second kappa shape index (κ2) is 7.62. The Kier molecular flexibility index (Phi) is 5.30. The summed E-state index contributed by atoms with van der Waals surface area (Å²) in [6.45, 7) is 7.71. The number of nitrogens with zero attached hydrogens (tertiary/aromatic N) is 4. The van der Waals surface area contributed by atoms with Gasteiger partial charge in [-0.25, -0.2) is 9.97 Å². The molecule has 1 fully saturated rings. The van der Waals surface area contributed by atoms with Gasteiger partial charge >= 0.3 is 0 Å². The smallest absolute Gasteiger partial charge is 0.156 e. The summed E-state index contributed by atoms with van der Waals surface area (Å²) in [5.41, 5.74) is 2.29. The highest BCUT2D eigenvalue weighted by Gasteiger charge is 2.27. The molecule has 1 aromatic carbocycles. The van der Waals surface area contributed by atoms with Crippen LogP contribution in [0.25, 0.3) is 0 Å². The Bertz CT molecular complexity index is 662. The molecule has 5 nitrogen and oxygen atoms in total. The van der Waals surface area contributed by atoms with Gasteiger partial charge in [0.25, 0.3) is 0 Å². The van der Waals surface area contributed by atoms with Crippen molar-refractivity contribution in [3.05, 3.63) is 47.9 Å². The van der Waals surface area contributed by atoms with Crippen LogP contribution >= 0.6 is 0 Å². The Hall–Kier alpha value is -2.14. The summed E-state index contributed by atoms with van der Waals surface area (Å²) in [6.07, 6.45) is 1.09. The molecular formula is C19H26N4O. The number of hydrogen-bond acceptors (Lipinski definition) is 5. The number of aromatic nitrogens is 2. The molecule has 24 heavy (non-hydrogen) atoms. The van der Waals surface area contributed by atoms with Crippen LogP contribution < -0.4 is 9.80 Å². The van der Waals surface area contributed by atoms with Crippen molar-refractivity contribution in [2.45, 2.75) is 32.9 Å². The molecule has 0 radical (unpaired) electrons. The zero-order chi connectivity index (χ0) is 16.9. The molecule has 0 aliphatic carbocycles. The summed E-state index contributed by atoms with van der Waals surface area (Å²) in [7, 11) is 1.68. The third-order valence-electron chi connectivity index (χ3n) is 4.53. The van der Waals surface area contributed by atoms with Crippen LogP contribution in [0, 0.1) is 6.92 Å². The largest absolute Gasteiger partial charge is 0.377 e. The molecule has 1 atom stereocenters. The summed E-state index contributed by atoms with van der Waals surface area (Å²) in [5.74, 6) is 1.78. The van der Waals surface area contributed by atoms with Crippen molar-refractivity contribution in [2.24, 2.45) is 0 Å². The number of ether oxygens (including phenoxy) is 1. The maximum atomic E-state index is 5.20. The van der Waals surface area contributed by atoms with Gasteiger partial charge in [-0.2, -0.15) is 0 Å². The zero-order valence-electron chi connectivity index (χ0n) is 14.8. The maximum absolute atomic E-state index is 5.20. The Morgan fingerprint density at radius 3 is 2.67 bits per heavy atom. The monoisotopic (exact) mass is 326 g/mol. The van der Waals surface area contributed by atoms with Crippen LogP contribution in [0.5, 0.6) is 0 Å². The first-order chi connectivity index (χ1) is 11.7. The minimum Gasteiger partial charge on any atom is -0.377 e. The van der Waals surface area contributed by atoms with Crippen molar-refractivity contribution in [2.75, 3.05) is 36.5 Å². The van der Waals surface area contributed by atoms with E-state index in [0.29, 0.717) is 12.6 Å². The molecule has 0 bridgehead atoms. The van der Waals surface area contributed by atoms with E-state index in [1.807, 2.05) is 6.92 Å². The standard InChI is InChI=1S/C19H26N4O/c1-4-16-13-22(17-8-6-5-7-9-17)10-11-23(16)19-12-15(2)20-18(21-19)14-24-3/h5-9,12,16H,4,10-11,13-14H2,1-3H3. The van der Waals surface area contributed by atoms with E-state index in [0.717, 1.165) is 43.4 Å². The van der Waals surface area contributed by atoms with E-state index in [1.165, 1.54) is 5.69 Å². The van der Waals surface area contributed by atoms with Gasteiger partial charge in [-0.3, -0.25) is 0 Å². The number of aryl methyl sites for hydroxylation is 1. The van der Waals surface area contributed by atoms with E-state index < -0.39 is 0 Å². The number of benzene rings is 1. The molecule has 1 aromatic heterocycles. The van der Waals surface area contributed by atoms with E-state index in [1.54, 1.807) is 7.11 Å². The molecule has 0 saturated carbocycles. The first-order valence-electron chi connectivity index (χ1n) is 8.61. The van der Waals surface area contributed by atoms with Gasteiger partial charge in [0.05, 0.1) is 0 Å². The highest BCUT2D eigenvalue weighted by molar-refractivity contribution is 5.50. The number of anilines is 2. The van der Waals surface area contributed by atoms with Gasteiger partial charge in [-0.1, -0.05) is 25.1 Å². The molecule has 2 heterocycles. The van der Waals surface area contributed by atoms with Gasteiger partial charge < -0.3 is 14.5 Å². The van der Waals surface area contributed by atoms with E-state index in [4.69, 9.17) is 9.72 Å². The molecule has 1 aliphatic heterocycles. The molecule has 1 saturated heterocycles. The second-order valence-corrected chi connectivity index (χ2v) is 6.25. The van der Waals surface area contributed by atoms with Gasteiger partial charge in [-0.15, -0.1) is 0 Å². The fourth-order valence-corrected chi connectivity index (χ4v) is 3.33. The highest BCUT2D eigenvalue weighted by Crippen LogP contribution is 2.24. The lowest BCUT2D eigenvalue weighted by Crippen LogP contribution is -2.53. The number of methoxy groups -OCH3 is 1. The summed E-state index contributed by atoms with van der Waals surface area (Å²) in [5, 5.41) is 0. The molecule has 0 spiro atoms. The number of piperazine rings is 1. The molecule has 1 aliphatic rings. The van der Waals surface area contributed by atoms with Crippen LogP contribution in [-0.2, 0) is 11.3 Å². The minimum atomic E-state index is 0.448. The van der Waals surface area contributed by atoms with Crippen LogP contribution in [0.1, 0.15) is 24.9 Å². The molecule has 128 valence electrons. The van der Waals surface area contributed by atoms with Crippen molar-refractivity contribution < 1.29 is 4.74 Å². The number of hydrogen-bond donors (Lipinski definition) is 0. The van der Waals surface area contributed by atoms with Gasteiger partial charge in [0, 0.05) is 50.2 Å². The van der Waals surface area contributed by atoms with Crippen LogP contribution in [0.15, 0.2) is 36.4 Å². The second-order valence-electron chi connectivity index (χ2n) is 6.25. The molecule has 2 aromatic rings. The van der Waals surface area contributed by atoms with E-state index in [2.05, 4.69) is 58.1 Å². The Balaban J connectivity index is 1.80. The molecular weight excluding hydrogens is 300 g/mol. The van der Waals surface area contributed by atoms with E-state index in [9.17, 15) is 0 Å². The molecule has 0 amide bonds. The molecule has 0 N–H and O–H groups in total. The topological polar surface area (TPSA) is 41.5 Å². The fourth-order valence-electron chi connectivity index (χ4n) is 3.33. The lowest BCUT2D eigenvalue weighted by molar-refractivity contribution is 0.177. The lowest BCUT2D eigenvalue weighted by atomic mass is 10.1. The van der Waals surface area contributed by atoms with Crippen LogP contribution in [0.2, 0.25) is 0 Å². The predicted molar refractivity (Wildman–Crippen MR) is 97.6 cm³/mol. The highest BCUT2D eigenvalue weighted by atomic mass is 16.5. The molecule has 5 heteroatoms. The summed E-state index contributed by atoms with van der Waals surface area (Å²) >= 11 is 0. The van der Waals surface area contributed by atoms with Crippen molar-refractivity contribution in [1.29, 1.82) is 0 Å². The van der Waals surface area contributed by atoms with E-state index in [-0.39, 0.29) is 0 Å². The quantitative estimate of drug-likeness (QED) is 0.845. The third kappa shape index (κ3) is 3.67. The SMILES string of the molecule is CCC1CN(c2ccccc2)CCN1c1cc(C)nc(COC)n1. The maximum Gasteiger partial charge on any atom is 0.156 e. The Morgan fingerprint density at radius 2 is 1.96 bits per heavy atom. The van der Waals surface area contributed by atoms with Gasteiger partial charge in [-0.05, 0) is 25.5 Å². The fraction of sp³-hybridized carbons (Fsp3) is 0.474. The van der Waals surface area contributed by atoms with Gasteiger partial charge in [0.15, 0.2) is 5.82 Å². The number of rotatable bonds is 5. The third-order valence-corrected chi connectivity index (χ3v) is 4.53. The van der Waals surface area contributed by atoms with Gasteiger partial charge in [0.1, 0.15) is 12.4 Å². The predicted octanol–water partition coefficient (Wildman–Crippen LogP) is 3.04. The summed E-state index contributed by atoms with van der Waals surface area (Å²) < 4.78 is 5.20. The average Bonchev–Trinajstić information content (AvgIpc) is 2.61. The first-order valence-corrected chi connectivity index (χ1v) is 8.61. The van der Waals surface area contributed by atoms with Crippen molar-refractivity contribution in [3.8, 4) is 0 Å². The van der Waals surface area contributed by atoms with Crippen LogP contribution in [0.4, 0.5) is 11.5 Å². The Morgan fingerprint density at radius 1 is 1.17 bits per heavy atom. The van der Waals surface area contributed by atoms with Crippen molar-refractivity contribution >= 4 is 11.5 Å². The average molecular weight is 326 g/mol. The number of para-hydroxylation sites is 1. The molecule has 1 unspecified atom stereocenters. The summed E-state index contributed by atoms with van der Waals surface area (Å²) in [6, 6.07) is 13.2. The first kappa shape index (κ1) is 16.7. The van der Waals surface area contributed by atoms with Crippen molar-refractivity contribution in [1.82, 2.24) is 9.97 Å². The van der Waals surface area contributed by atoms with E-state index >= 15 is 0 Å². The zero-order valence-corrected chi connectivity index (χ0v) is 14.8. The van der Waals surface area contributed by atoms with Crippen molar-refractivity contribution in [3.63, 3.8) is 0 Å². The lowest BCUT2D eigenvalue weighted by Gasteiger charge is -2.43. The van der Waals surface area contributed by atoms with Crippen LogP contribution in [0.3, 0.4) is 0 Å². The summed E-state index contributed by atoms with van der Waals surface area (Å²) in [4.78, 5) is 14.1. The van der Waals surface area contributed by atoms with Gasteiger partial charge in [0.2, 0.25) is 0 Å². The molecule has 3 rings (SSSR count). The Labute approximate surface area is 144 Å².